The van der Waals surface area contributed by atoms with Gasteiger partial charge >= 0.3 is 5.97 Å². The first-order chi connectivity index (χ1) is 7.65. The molecule has 1 aromatic carbocycles. The second-order valence-electron chi connectivity index (χ2n) is 3.53. The first kappa shape index (κ1) is 13.0. The Morgan fingerprint density at radius 3 is 2.81 bits per heavy atom. The smallest absolute Gasteiger partial charge is 0.309 e. The van der Waals surface area contributed by atoms with Crippen molar-refractivity contribution in [1.29, 1.82) is 0 Å². The Hall–Kier alpha value is -1.03. The number of carbonyl (C=O) groups excluding carboxylic acids is 1. The molecular weight excluding hydrogens is 227 g/mol. The quantitative estimate of drug-likeness (QED) is 0.743. The van der Waals surface area contributed by atoms with E-state index in [9.17, 15) is 9.18 Å². The van der Waals surface area contributed by atoms with Crippen LogP contribution in [0.1, 0.15) is 12.5 Å². The highest BCUT2D eigenvalue weighted by molar-refractivity contribution is 7.98. The molecule has 0 saturated carbocycles. The molecule has 0 radical (unpaired) electrons. The normalized spacial score (nSPS) is 12.2. The number of methoxy groups -OCH3 is 1. The van der Waals surface area contributed by atoms with Crippen LogP contribution >= 0.6 is 11.8 Å². The summed E-state index contributed by atoms with van der Waals surface area (Å²) in [5, 5.41) is 0. The molecule has 4 heteroatoms. The average Bonchev–Trinajstić information content (AvgIpc) is 2.30. The van der Waals surface area contributed by atoms with Crippen LogP contribution in [-0.2, 0) is 15.3 Å². The highest BCUT2D eigenvalue weighted by Crippen LogP contribution is 2.18. The van der Waals surface area contributed by atoms with Crippen molar-refractivity contribution < 1.29 is 13.9 Å². The number of hydrogen-bond acceptors (Lipinski definition) is 3. The van der Waals surface area contributed by atoms with E-state index >= 15 is 0 Å². The van der Waals surface area contributed by atoms with Gasteiger partial charge in [0.2, 0.25) is 0 Å². The zero-order valence-electron chi connectivity index (χ0n) is 9.40. The number of esters is 1. The van der Waals surface area contributed by atoms with E-state index in [0.29, 0.717) is 17.1 Å². The summed E-state index contributed by atoms with van der Waals surface area (Å²) in [5.74, 6) is 0.651. The van der Waals surface area contributed by atoms with Gasteiger partial charge in [0.15, 0.2) is 0 Å². The van der Waals surface area contributed by atoms with Gasteiger partial charge in [0.1, 0.15) is 5.82 Å². The Morgan fingerprint density at radius 1 is 1.50 bits per heavy atom. The molecule has 1 rings (SSSR count). The Bertz CT molecular complexity index is 355. The van der Waals surface area contributed by atoms with E-state index in [1.807, 2.05) is 6.07 Å². The molecule has 0 fully saturated rings. The molecule has 0 aliphatic rings. The van der Waals surface area contributed by atoms with Gasteiger partial charge in [-0.3, -0.25) is 4.79 Å². The second kappa shape index (κ2) is 6.53. The topological polar surface area (TPSA) is 26.3 Å². The van der Waals surface area contributed by atoms with Gasteiger partial charge in [-0.15, -0.1) is 0 Å². The first-order valence-corrected chi connectivity index (χ1v) is 6.19. The van der Waals surface area contributed by atoms with Crippen LogP contribution in [-0.4, -0.2) is 18.8 Å². The molecule has 0 spiro atoms. The maximum atomic E-state index is 13.2. The molecule has 0 N–H and O–H groups in total. The molecule has 0 saturated heterocycles. The fraction of sp³-hybridized carbons (Fsp3) is 0.417. The van der Waals surface area contributed by atoms with Gasteiger partial charge < -0.3 is 4.74 Å². The lowest BCUT2D eigenvalue weighted by Crippen LogP contribution is -2.14. The number of hydrogen-bond donors (Lipinski definition) is 0. The van der Waals surface area contributed by atoms with Crippen molar-refractivity contribution >= 4 is 17.7 Å². The summed E-state index contributed by atoms with van der Waals surface area (Å²) in [5.41, 5.74) is 0.671. The molecule has 0 aliphatic carbocycles. The van der Waals surface area contributed by atoms with Crippen LogP contribution in [0.25, 0.3) is 0 Å². The average molecular weight is 242 g/mol. The van der Waals surface area contributed by atoms with Crippen molar-refractivity contribution in [1.82, 2.24) is 0 Å². The summed E-state index contributed by atoms with van der Waals surface area (Å²) in [6, 6.07) is 6.67. The van der Waals surface area contributed by atoms with Gasteiger partial charge in [0, 0.05) is 11.5 Å². The Labute approximate surface area is 99.2 Å². The fourth-order valence-corrected chi connectivity index (χ4v) is 2.29. The van der Waals surface area contributed by atoms with Crippen LogP contribution in [0, 0.1) is 11.7 Å². The molecule has 1 aromatic rings. The van der Waals surface area contributed by atoms with Crippen molar-refractivity contribution in [2.45, 2.75) is 12.7 Å². The summed E-state index contributed by atoms with van der Waals surface area (Å²) in [6.07, 6.45) is 0. The number of benzene rings is 1. The predicted molar refractivity (Wildman–Crippen MR) is 63.7 cm³/mol. The molecule has 2 nitrogen and oxygen atoms in total. The minimum atomic E-state index is -0.221. The van der Waals surface area contributed by atoms with Gasteiger partial charge in [-0.25, -0.2) is 4.39 Å². The molecule has 1 unspecified atom stereocenters. The van der Waals surface area contributed by atoms with Crippen molar-refractivity contribution in [2.24, 2.45) is 5.92 Å². The van der Waals surface area contributed by atoms with Gasteiger partial charge in [0.25, 0.3) is 0 Å². The lowest BCUT2D eigenvalue weighted by Gasteiger charge is -2.08. The minimum Gasteiger partial charge on any atom is -0.469 e. The van der Waals surface area contributed by atoms with Crippen molar-refractivity contribution in [3.63, 3.8) is 0 Å². The maximum Gasteiger partial charge on any atom is 0.309 e. The highest BCUT2D eigenvalue weighted by Gasteiger charge is 2.13. The third-order valence-electron chi connectivity index (χ3n) is 2.19. The van der Waals surface area contributed by atoms with Crippen LogP contribution in [0.15, 0.2) is 24.3 Å². The summed E-state index contributed by atoms with van der Waals surface area (Å²) in [4.78, 5) is 11.1. The summed E-state index contributed by atoms with van der Waals surface area (Å²) in [6.45, 7) is 1.81. The van der Waals surface area contributed by atoms with Crippen LogP contribution < -0.4 is 0 Å². The van der Waals surface area contributed by atoms with Crippen molar-refractivity contribution in [3.05, 3.63) is 35.6 Å². The second-order valence-corrected chi connectivity index (χ2v) is 4.56. The summed E-state index contributed by atoms with van der Waals surface area (Å²) in [7, 11) is 1.38. The summed E-state index contributed by atoms with van der Waals surface area (Å²) >= 11 is 1.53. The van der Waals surface area contributed by atoms with Crippen molar-refractivity contribution in [3.8, 4) is 0 Å². The third-order valence-corrected chi connectivity index (χ3v) is 3.44. The number of thioether (sulfide) groups is 1. The SMILES string of the molecule is COC(=O)C(C)CSCc1ccccc1F. The Balaban J connectivity index is 2.36. The zero-order chi connectivity index (χ0) is 12.0. The molecule has 0 aliphatic heterocycles. The maximum absolute atomic E-state index is 13.2. The van der Waals surface area contributed by atoms with E-state index in [1.54, 1.807) is 19.1 Å². The van der Waals surface area contributed by atoms with E-state index in [2.05, 4.69) is 4.74 Å². The van der Waals surface area contributed by atoms with E-state index in [1.165, 1.54) is 24.9 Å². The fourth-order valence-electron chi connectivity index (χ4n) is 1.23. The summed E-state index contributed by atoms with van der Waals surface area (Å²) < 4.78 is 17.8. The number of rotatable bonds is 5. The number of carbonyl (C=O) groups is 1. The number of halogens is 1. The van der Waals surface area contributed by atoms with Crippen LogP contribution in [0.4, 0.5) is 4.39 Å². The molecule has 88 valence electrons. The van der Waals surface area contributed by atoms with Crippen LogP contribution in [0.3, 0.4) is 0 Å². The molecule has 0 bridgehead atoms. The monoisotopic (exact) mass is 242 g/mol. The van der Waals surface area contributed by atoms with Gasteiger partial charge in [-0.2, -0.15) is 11.8 Å². The van der Waals surface area contributed by atoms with Crippen molar-refractivity contribution in [2.75, 3.05) is 12.9 Å². The van der Waals surface area contributed by atoms with E-state index in [4.69, 9.17) is 0 Å². The molecule has 1 atom stereocenters. The zero-order valence-corrected chi connectivity index (χ0v) is 10.2. The lowest BCUT2D eigenvalue weighted by atomic mass is 10.2. The van der Waals surface area contributed by atoms with Gasteiger partial charge in [-0.05, 0) is 11.6 Å². The van der Waals surface area contributed by atoms with E-state index < -0.39 is 0 Å². The van der Waals surface area contributed by atoms with Gasteiger partial charge in [0.05, 0.1) is 13.0 Å². The predicted octanol–water partition coefficient (Wildman–Crippen LogP) is 2.87. The highest BCUT2D eigenvalue weighted by atomic mass is 32.2. The Kier molecular flexibility index (Phi) is 5.32. The standard InChI is InChI=1S/C12H15FO2S/c1-9(12(14)15-2)7-16-8-10-5-3-4-6-11(10)13/h3-6,9H,7-8H2,1-2H3. The molecule has 0 heterocycles. The van der Waals surface area contributed by atoms with E-state index in [0.717, 1.165) is 0 Å². The number of ether oxygens (including phenoxy) is 1. The minimum absolute atomic E-state index is 0.151. The molecule has 16 heavy (non-hydrogen) atoms. The molecular formula is C12H15FO2S. The molecule has 0 aromatic heterocycles. The Morgan fingerprint density at radius 2 is 2.19 bits per heavy atom. The van der Waals surface area contributed by atoms with E-state index in [-0.39, 0.29) is 17.7 Å². The first-order valence-electron chi connectivity index (χ1n) is 5.04. The van der Waals surface area contributed by atoms with Crippen LogP contribution in [0.5, 0.6) is 0 Å². The molecule has 0 amide bonds. The van der Waals surface area contributed by atoms with Gasteiger partial charge in [-0.1, -0.05) is 25.1 Å². The van der Waals surface area contributed by atoms with Crippen LogP contribution in [0.2, 0.25) is 0 Å². The third kappa shape index (κ3) is 3.85. The largest absolute Gasteiger partial charge is 0.469 e. The lowest BCUT2D eigenvalue weighted by molar-refractivity contribution is -0.143.